The summed E-state index contributed by atoms with van der Waals surface area (Å²) in [6, 6.07) is 6.32. The van der Waals surface area contributed by atoms with E-state index in [4.69, 9.17) is 4.74 Å². The number of hydrogen-bond acceptors (Lipinski definition) is 7. The molecule has 0 atom stereocenters. The second kappa shape index (κ2) is 9.91. The minimum absolute atomic E-state index is 0.0527. The molecule has 1 aliphatic rings. The van der Waals surface area contributed by atoms with Crippen LogP contribution in [0.25, 0.3) is 0 Å². The van der Waals surface area contributed by atoms with Gasteiger partial charge in [0.05, 0.1) is 6.54 Å². The van der Waals surface area contributed by atoms with Crippen LogP contribution in [0.4, 0.5) is 10.8 Å². The zero-order valence-corrected chi connectivity index (χ0v) is 17.8. The molecule has 2 N–H and O–H groups in total. The minimum atomic E-state index is -0.133. The van der Waals surface area contributed by atoms with Gasteiger partial charge in [0, 0.05) is 31.8 Å². The van der Waals surface area contributed by atoms with Crippen LogP contribution in [0.3, 0.4) is 0 Å². The lowest BCUT2D eigenvalue weighted by atomic mass is 10.1. The van der Waals surface area contributed by atoms with E-state index in [-0.39, 0.29) is 18.4 Å². The van der Waals surface area contributed by atoms with Gasteiger partial charge in [0.15, 0.2) is 0 Å². The predicted octanol–water partition coefficient (Wildman–Crippen LogP) is 2.73. The van der Waals surface area contributed by atoms with Gasteiger partial charge in [-0.3, -0.25) is 14.5 Å². The Morgan fingerprint density at radius 1 is 1.17 bits per heavy atom. The van der Waals surface area contributed by atoms with Crippen LogP contribution in [0.15, 0.2) is 18.2 Å². The second-order valence-electron chi connectivity index (χ2n) is 7.25. The number of nitrogens with zero attached hydrogens (tertiary/aromatic N) is 3. The van der Waals surface area contributed by atoms with Crippen molar-refractivity contribution in [3.63, 3.8) is 0 Å². The number of amides is 2. The summed E-state index contributed by atoms with van der Waals surface area (Å²) in [5.74, 6) is -0.186. The number of nitrogens with one attached hydrogen (secondary N) is 2. The SMILES string of the molecule is COCc1nnc(NC(=O)CCN(CC(=O)Nc2c(C)cccc2C)C2CC2)s1. The van der Waals surface area contributed by atoms with E-state index in [1.54, 1.807) is 7.11 Å². The molecule has 1 saturated carbocycles. The number of hydrogen-bond donors (Lipinski definition) is 2. The molecule has 29 heavy (non-hydrogen) atoms. The number of carbonyl (C=O) groups is 2. The summed E-state index contributed by atoms with van der Waals surface area (Å²) in [6.07, 6.45) is 2.43. The first-order chi connectivity index (χ1) is 14.0. The smallest absolute Gasteiger partial charge is 0.238 e. The number of benzene rings is 1. The molecule has 0 radical (unpaired) electrons. The van der Waals surface area contributed by atoms with Crippen LogP contribution in [0.1, 0.15) is 35.4 Å². The molecule has 1 heterocycles. The van der Waals surface area contributed by atoms with Crippen LogP contribution in [0, 0.1) is 13.8 Å². The van der Waals surface area contributed by atoms with Crippen LogP contribution in [0.5, 0.6) is 0 Å². The third-order valence-corrected chi connectivity index (χ3v) is 5.57. The summed E-state index contributed by atoms with van der Waals surface area (Å²) in [7, 11) is 1.59. The molecule has 2 amide bonds. The van der Waals surface area contributed by atoms with E-state index >= 15 is 0 Å². The summed E-state index contributed by atoms with van der Waals surface area (Å²) >= 11 is 1.30. The summed E-state index contributed by atoms with van der Waals surface area (Å²) in [6.45, 7) is 5.15. The molecule has 3 rings (SSSR count). The first kappa shape index (κ1) is 21.4. The fourth-order valence-corrected chi connectivity index (χ4v) is 3.85. The molecular weight excluding hydrogens is 390 g/mol. The highest BCUT2D eigenvalue weighted by Gasteiger charge is 2.30. The molecule has 0 unspecified atom stereocenters. The number of para-hydroxylation sites is 1. The maximum absolute atomic E-state index is 12.6. The van der Waals surface area contributed by atoms with Gasteiger partial charge in [-0.1, -0.05) is 29.5 Å². The van der Waals surface area contributed by atoms with Crippen molar-refractivity contribution in [1.29, 1.82) is 0 Å². The van der Waals surface area contributed by atoms with Crippen molar-refractivity contribution in [3.05, 3.63) is 34.3 Å². The lowest BCUT2D eigenvalue weighted by molar-refractivity contribution is -0.119. The van der Waals surface area contributed by atoms with E-state index in [9.17, 15) is 9.59 Å². The lowest BCUT2D eigenvalue weighted by Gasteiger charge is -2.21. The Morgan fingerprint density at radius 2 is 1.90 bits per heavy atom. The highest BCUT2D eigenvalue weighted by molar-refractivity contribution is 7.15. The van der Waals surface area contributed by atoms with E-state index in [1.165, 1.54) is 11.3 Å². The molecule has 2 aromatic rings. The van der Waals surface area contributed by atoms with Gasteiger partial charge in [-0.15, -0.1) is 10.2 Å². The Labute approximate surface area is 174 Å². The van der Waals surface area contributed by atoms with Gasteiger partial charge in [0.1, 0.15) is 11.6 Å². The maximum atomic E-state index is 12.6. The normalized spacial score (nSPS) is 13.5. The van der Waals surface area contributed by atoms with Crippen LogP contribution < -0.4 is 10.6 Å². The van der Waals surface area contributed by atoms with Gasteiger partial charge < -0.3 is 15.4 Å². The van der Waals surface area contributed by atoms with E-state index < -0.39 is 0 Å². The molecule has 1 aromatic carbocycles. The third-order valence-electron chi connectivity index (χ3n) is 4.76. The molecule has 1 aliphatic carbocycles. The van der Waals surface area contributed by atoms with Crippen molar-refractivity contribution in [2.75, 3.05) is 30.8 Å². The van der Waals surface area contributed by atoms with Crippen molar-refractivity contribution in [2.45, 2.75) is 45.8 Å². The van der Waals surface area contributed by atoms with Gasteiger partial charge in [-0.05, 0) is 37.8 Å². The summed E-state index contributed by atoms with van der Waals surface area (Å²) < 4.78 is 5.00. The highest BCUT2D eigenvalue weighted by Crippen LogP contribution is 2.27. The van der Waals surface area contributed by atoms with E-state index in [2.05, 4.69) is 25.7 Å². The number of aryl methyl sites for hydroxylation is 2. The van der Waals surface area contributed by atoms with Crippen molar-refractivity contribution >= 4 is 34.0 Å². The first-order valence-electron chi connectivity index (χ1n) is 9.67. The van der Waals surface area contributed by atoms with Gasteiger partial charge in [-0.2, -0.15) is 0 Å². The van der Waals surface area contributed by atoms with Gasteiger partial charge in [-0.25, -0.2) is 0 Å². The molecule has 8 nitrogen and oxygen atoms in total. The Kier molecular flexibility index (Phi) is 7.29. The number of methoxy groups -OCH3 is 1. The molecule has 0 spiro atoms. The number of carbonyl (C=O) groups excluding carboxylic acids is 2. The fourth-order valence-electron chi connectivity index (χ4n) is 3.12. The molecule has 0 bridgehead atoms. The third kappa shape index (κ3) is 6.31. The summed E-state index contributed by atoms with van der Waals surface area (Å²) in [5, 5.41) is 14.9. The second-order valence-corrected chi connectivity index (χ2v) is 8.31. The van der Waals surface area contributed by atoms with Crippen LogP contribution >= 0.6 is 11.3 Å². The quantitative estimate of drug-likeness (QED) is 0.617. The molecule has 0 aliphatic heterocycles. The Morgan fingerprint density at radius 3 is 2.55 bits per heavy atom. The number of ether oxygens (including phenoxy) is 1. The number of aromatic nitrogens is 2. The van der Waals surface area contributed by atoms with Gasteiger partial charge in [0.2, 0.25) is 16.9 Å². The highest BCUT2D eigenvalue weighted by atomic mass is 32.1. The monoisotopic (exact) mass is 417 g/mol. The van der Waals surface area contributed by atoms with E-state index in [0.29, 0.717) is 35.8 Å². The zero-order chi connectivity index (χ0) is 20.8. The molecular formula is C20H27N5O3S. The predicted molar refractivity (Wildman–Crippen MR) is 113 cm³/mol. The zero-order valence-electron chi connectivity index (χ0n) is 17.0. The summed E-state index contributed by atoms with van der Waals surface area (Å²) in [4.78, 5) is 26.9. The molecule has 0 saturated heterocycles. The van der Waals surface area contributed by atoms with Crippen molar-refractivity contribution in [1.82, 2.24) is 15.1 Å². The molecule has 1 fully saturated rings. The fraction of sp³-hybridized carbons (Fsp3) is 0.500. The van der Waals surface area contributed by atoms with Gasteiger partial charge >= 0.3 is 0 Å². The van der Waals surface area contributed by atoms with Gasteiger partial charge in [0.25, 0.3) is 0 Å². The average molecular weight is 418 g/mol. The van der Waals surface area contributed by atoms with E-state index in [1.807, 2.05) is 32.0 Å². The number of rotatable bonds is 10. The maximum Gasteiger partial charge on any atom is 0.238 e. The van der Waals surface area contributed by atoms with E-state index in [0.717, 1.165) is 29.7 Å². The Balaban J connectivity index is 1.49. The summed E-state index contributed by atoms with van der Waals surface area (Å²) in [5.41, 5.74) is 2.95. The van der Waals surface area contributed by atoms with Crippen molar-refractivity contribution in [2.24, 2.45) is 0 Å². The van der Waals surface area contributed by atoms with Crippen LogP contribution in [-0.4, -0.2) is 53.2 Å². The topological polar surface area (TPSA) is 96.5 Å². The van der Waals surface area contributed by atoms with Crippen molar-refractivity contribution in [3.8, 4) is 0 Å². The average Bonchev–Trinajstić information content (AvgIpc) is 3.43. The molecule has 9 heteroatoms. The minimum Gasteiger partial charge on any atom is -0.377 e. The van der Waals surface area contributed by atoms with Crippen molar-refractivity contribution < 1.29 is 14.3 Å². The molecule has 156 valence electrons. The lowest BCUT2D eigenvalue weighted by Crippen LogP contribution is -2.37. The number of anilines is 2. The Bertz CT molecular complexity index is 845. The first-order valence-corrected chi connectivity index (χ1v) is 10.5. The van der Waals surface area contributed by atoms with Crippen LogP contribution in [-0.2, 0) is 20.9 Å². The molecule has 1 aromatic heterocycles. The Hall–Kier alpha value is -2.36. The largest absolute Gasteiger partial charge is 0.377 e. The van der Waals surface area contributed by atoms with Crippen LogP contribution in [0.2, 0.25) is 0 Å². The standard InChI is InChI=1S/C20H27N5O3S/c1-13-5-4-6-14(2)19(13)21-17(27)11-25(15-7-8-15)10-9-16(26)22-20-24-23-18(29-20)12-28-3/h4-6,15H,7-12H2,1-3H3,(H,21,27)(H,22,24,26).